The van der Waals surface area contributed by atoms with Gasteiger partial charge < -0.3 is 10.3 Å². The third kappa shape index (κ3) is 2.15. The molecule has 0 amide bonds. The van der Waals surface area contributed by atoms with Gasteiger partial charge >= 0.3 is 0 Å². The first-order valence-corrected chi connectivity index (χ1v) is 6.07. The lowest BCUT2D eigenvalue weighted by molar-refractivity contribution is 0.658. The van der Waals surface area contributed by atoms with Crippen molar-refractivity contribution < 1.29 is 0 Å². The lowest BCUT2D eigenvalue weighted by Gasteiger charge is -2.04. The Morgan fingerprint density at radius 1 is 1.22 bits per heavy atom. The molecule has 1 aromatic carbocycles. The average Bonchev–Trinajstić information content (AvgIpc) is 2.98. The van der Waals surface area contributed by atoms with Gasteiger partial charge in [0.1, 0.15) is 0 Å². The standard InChI is InChI=1S/C14H16N4/c1-18-8-6-13(17-18)10-15-9-12-4-2-3-11-5-7-16-14(11)12/h2-8,15-16H,9-10H2,1H3. The summed E-state index contributed by atoms with van der Waals surface area (Å²) in [6.07, 6.45) is 3.94. The van der Waals surface area contributed by atoms with Crippen molar-refractivity contribution in [3.63, 3.8) is 0 Å². The van der Waals surface area contributed by atoms with Gasteiger partial charge in [-0.3, -0.25) is 4.68 Å². The molecular weight excluding hydrogens is 224 g/mol. The summed E-state index contributed by atoms with van der Waals surface area (Å²) < 4.78 is 1.82. The maximum atomic E-state index is 4.34. The smallest absolute Gasteiger partial charge is 0.0762 e. The van der Waals surface area contributed by atoms with E-state index in [0.717, 1.165) is 18.8 Å². The topological polar surface area (TPSA) is 45.6 Å². The molecule has 0 spiro atoms. The van der Waals surface area contributed by atoms with Crippen LogP contribution in [0.4, 0.5) is 0 Å². The molecule has 0 radical (unpaired) electrons. The lowest BCUT2D eigenvalue weighted by Crippen LogP contribution is -2.13. The molecule has 3 rings (SSSR count). The van der Waals surface area contributed by atoms with Crippen molar-refractivity contribution >= 4 is 10.9 Å². The number of aromatic amines is 1. The highest BCUT2D eigenvalue weighted by Gasteiger charge is 2.02. The zero-order valence-electron chi connectivity index (χ0n) is 10.4. The Hall–Kier alpha value is -2.07. The minimum atomic E-state index is 0.790. The summed E-state index contributed by atoms with van der Waals surface area (Å²) >= 11 is 0. The highest BCUT2D eigenvalue weighted by atomic mass is 15.3. The Morgan fingerprint density at radius 3 is 3.00 bits per heavy atom. The van der Waals surface area contributed by atoms with E-state index < -0.39 is 0 Å². The van der Waals surface area contributed by atoms with E-state index in [1.165, 1.54) is 16.5 Å². The quantitative estimate of drug-likeness (QED) is 0.734. The van der Waals surface area contributed by atoms with Gasteiger partial charge in [-0.15, -0.1) is 0 Å². The second-order valence-corrected chi connectivity index (χ2v) is 4.44. The molecule has 2 heterocycles. The van der Waals surface area contributed by atoms with Crippen LogP contribution in [-0.4, -0.2) is 14.8 Å². The van der Waals surface area contributed by atoms with E-state index in [2.05, 4.69) is 39.7 Å². The van der Waals surface area contributed by atoms with Crippen molar-refractivity contribution in [2.24, 2.45) is 7.05 Å². The van der Waals surface area contributed by atoms with Crippen LogP contribution < -0.4 is 5.32 Å². The molecule has 0 aliphatic heterocycles. The predicted octanol–water partition coefficient (Wildman–Crippen LogP) is 2.19. The van der Waals surface area contributed by atoms with Crippen molar-refractivity contribution in [1.82, 2.24) is 20.1 Å². The van der Waals surface area contributed by atoms with E-state index in [1.807, 2.05) is 30.2 Å². The fourth-order valence-corrected chi connectivity index (χ4v) is 2.18. The summed E-state index contributed by atoms with van der Waals surface area (Å²) in [5.74, 6) is 0. The fourth-order valence-electron chi connectivity index (χ4n) is 2.18. The van der Waals surface area contributed by atoms with Crippen LogP contribution in [0.15, 0.2) is 42.7 Å². The third-order valence-electron chi connectivity index (χ3n) is 3.06. The van der Waals surface area contributed by atoms with Crippen molar-refractivity contribution in [1.29, 1.82) is 0 Å². The number of hydrogen-bond donors (Lipinski definition) is 2. The van der Waals surface area contributed by atoms with E-state index in [-0.39, 0.29) is 0 Å². The molecule has 0 aliphatic carbocycles. The van der Waals surface area contributed by atoms with Crippen LogP contribution in [0.1, 0.15) is 11.3 Å². The number of aryl methyl sites for hydroxylation is 1. The normalized spacial score (nSPS) is 11.2. The second kappa shape index (κ2) is 4.66. The lowest BCUT2D eigenvalue weighted by atomic mass is 10.1. The van der Waals surface area contributed by atoms with Crippen LogP contribution >= 0.6 is 0 Å². The molecule has 0 bridgehead atoms. The zero-order valence-corrected chi connectivity index (χ0v) is 10.4. The number of fused-ring (bicyclic) bond motifs is 1. The number of hydrogen-bond acceptors (Lipinski definition) is 2. The molecule has 0 saturated heterocycles. The minimum Gasteiger partial charge on any atom is -0.361 e. The van der Waals surface area contributed by atoms with Crippen molar-refractivity contribution in [3.05, 3.63) is 54.0 Å². The number of nitrogens with zero attached hydrogens (tertiary/aromatic N) is 2. The molecule has 3 aromatic rings. The number of nitrogens with one attached hydrogen (secondary N) is 2. The van der Waals surface area contributed by atoms with E-state index in [9.17, 15) is 0 Å². The van der Waals surface area contributed by atoms with Crippen LogP contribution in [0.3, 0.4) is 0 Å². The average molecular weight is 240 g/mol. The van der Waals surface area contributed by atoms with Gasteiger partial charge in [0, 0.05) is 38.0 Å². The van der Waals surface area contributed by atoms with Gasteiger partial charge in [0.05, 0.1) is 5.69 Å². The molecule has 0 aliphatic rings. The van der Waals surface area contributed by atoms with Crippen LogP contribution in [0.2, 0.25) is 0 Å². The Bertz CT molecular complexity index is 650. The van der Waals surface area contributed by atoms with Gasteiger partial charge in [0.2, 0.25) is 0 Å². The molecule has 2 N–H and O–H groups in total. The number of H-pyrrole nitrogens is 1. The molecule has 4 nitrogen and oxygen atoms in total. The largest absolute Gasteiger partial charge is 0.361 e. The molecule has 0 fully saturated rings. The number of benzene rings is 1. The van der Waals surface area contributed by atoms with E-state index in [4.69, 9.17) is 0 Å². The predicted molar refractivity (Wildman–Crippen MR) is 72.1 cm³/mol. The molecule has 18 heavy (non-hydrogen) atoms. The first-order chi connectivity index (χ1) is 8.83. The van der Waals surface area contributed by atoms with Gasteiger partial charge in [-0.05, 0) is 23.1 Å². The summed E-state index contributed by atoms with van der Waals surface area (Å²) in [5.41, 5.74) is 3.57. The molecule has 2 aromatic heterocycles. The Labute approximate surface area is 106 Å². The summed E-state index contributed by atoms with van der Waals surface area (Å²) in [6, 6.07) is 10.5. The minimum absolute atomic E-state index is 0.790. The molecule has 92 valence electrons. The number of rotatable bonds is 4. The highest BCUT2D eigenvalue weighted by Crippen LogP contribution is 2.16. The molecular formula is C14H16N4. The Balaban J connectivity index is 1.68. The van der Waals surface area contributed by atoms with Crippen LogP contribution in [0.5, 0.6) is 0 Å². The molecule has 0 saturated carbocycles. The van der Waals surface area contributed by atoms with Crippen molar-refractivity contribution in [3.8, 4) is 0 Å². The SMILES string of the molecule is Cn1ccc(CNCc2cccc3cc[nH]c23)n1. The number of aromatic nitrogens is 3. The monoisotopic (exact) mass is 240 g/mol. The van der Waals surface area contributed by atoms with Gasteiger partial charge in [-0.2, -0.15) is 5.10 Å². The first-order valence-electron chi connectivity index (χ1n) is 6.07. The van der Waals surface area contributed by atoms with Crippen molar-refractivity contribution in [2.45, 2.75) is 13.1 Å². The van der Waals surface area contributed by atoms with E-state index >= 15 is 0 Å². The van der Waals surface area contributed by atoms with E-state index in [1.54, 1.807) is 0 Å². The van der Waals surface area contributed by atoms with Crippen LogP contribution in [0.25, 0.3) is 10.9 Å². The summed E-state index contributed by atoms with van der Waals surface area (Å²) in [4.78, 5) is 3.28. The molecule has 4 heteroatoms. The van der Waals surface area contributed by atoms with Gasteiger partial charge in [0.25, 0.3) is 0 Å². The first kappa shape index (κ1) is 11.0. The zero-order chi connectivity index (χ0) is 12.4. The second-order valence-electron chi connectivity index (χ2n) is 4.44. The van der Waals surface area contributed by atoms with Gasteiger partial charge in [-0.25, -0.2) is 0 Å². The third-order valence-corrected chi connectivity index (χ3v) is 3.06. The Kier molecular flexibility index (Phi) is 2.86. The maximum Gasteiger partial charge on any atom is 0.0762 e. The van der Waals surface area contributed by atoms with Crippen molar-refractivity contribution in [2.75, 3.05) is 0 Å². The Morgan fingerprint density at radius 2 is 2.17 bits per heavy atom. The van der Waals surface area contributed by atoms with Crippen LogP contribution in [-0.2, 0) is 20.1 Å². The summed E-state index contributed by atoms with van der Waals surface area (Å²) in [7, 11) is 1.93. The number of para-hydroxylation sites is 1. The summed E-state index contributed by atoms with van der Waals surface area (Å²) in [6.45, 7) is 1.63. The molecule has 0 atom stereocenters. The maximum absolute atomic E-state index is 4.34. The summed E-state index contributed by atoms with van der Waals surface area (Å²) in [5, 5.41) is 9.01. The molecule has 0 unspecified atom stereocenters. The van der Waals surface area contributed by atoms with Gasteiger partial charge in [-0.1, -0.05) is 18.2 Å². The van der Waals surface area contributed by atoms with E-state index in [0.29, 0.717) is 0 Å². The van der Waals surface area contributed by atoms with Gasteiger partial charge in [0.15, 0.2) is 0 Å². The highest BCUT2D eigenvalue weighted by molar-refractivity contribution is 5.82. The van der Waals surface area contributed by atoms with Crippen LogP contribution in [0, 0.1) is 0 Å². The fraction of sp³-hybridized carbons (Fsp3) is 0.214.